The Morgan fingerprint density at radius 3 is 2.67 bits per heavy atom. The highest BCUT2D eigenvalue weighted by molar-refractivity contribution is 7.91. The van der Waals surface area contributed by atoms with Crippen LogP contribution in [-0.2, 0) is 24.2 Å². The molecule has 1 unspecified atom stereocenters. The van der Waals surface area contributed by atoms with E-state index in [1.165, 1.54) is 25.1 Å². The second-order valence-corrected chi connectivity index (χ2v) is 6.78. The van der Waals surface area contributed by atoms with Gasteiger partial charge >= 0.3 is 5.97 Å². The van der Waals surface area contributed by atoms with Crippen molar-refractivity contribution in [3.8, 4) is 0 Å². The second-order valence-electron chi connectivity index (χ2n) is 4.40. The number of sulfone groups is 1. The lowest BCUT2D eigenvalue weighted by Crippen LogP contribution is -2.40. The minimum absolute atomic E-state index is 0.0410. The monoisotopic (exact) mass is 330 g/mol. The molecule has 1 aromatic carbocycles. The highest BCUT2D eigenvalue weighted by atomic mass is 35.5. The van der Waals surface area contributed by atoms with Gasteiger partial charge in [0.15, 0.2) is 15.6 Å². The molecular formula is C13H11ClO6S. The summed E-state index contributed by atoms with van der Waals surface area (Å²) in [5, 5.41) is -0.0807. The third-order valence-corrected chi connectivity index (χ3v) is 5.30. The predicted octanol–water partition coefficient (Wildman–Crippen LogP) is 1.06. The number of carbonyl (C=O) groups is 3. The Morgan fingerprint density at radius 2 is 2.05 bits per heavy atom. The number of halogens is 1. The van der Waals surface area contributed by atoms with Gasteiger partial charge in [0.2, 0.25) is 0 Å². The molecule has 2 rings (SSSR count). The van der Waals surface area contributed by atoms with Crippen LogP contribution in [0.4, 0.5) is 0 Å². The third kappa shape index (κ3) is 2.71. The number of rotatable bonds is 3. The fourth-order valence-corrected chi connectivity index (χ4v) is 4.43. The van der Waals surface area contributed by atoms with Gasteiger partial charge in [-0.05, 0) is 19.1 Å². The Labute approximate surface area is 126 Å². The van der Waals surface area contributed by atoms with Crippen molar-refractivity contribution in [1.29, 1.82) is 0 Å². The zero-order valence-corrected chi connectivity index (χ0v) is 12.5. The van der Waals surface area contributed by atoms with E-state index in [0.29, 0.717) is 0 Å². The molecule has 0 aliphatic carbocycles. The standard InChI is InChI=1S/C13H11ClO6S/c1-2-20-13(17)11(16)8-6-21(18,19)12-7(10(8)15)4-3-5-9(12)14/h3-5,8H,2,6H2,1H3. The smallest absolute Gasteiger partial charge is 0.375 e. The van der Waals surface area contributed by atoms with Crippen molar-refractivity contribution >= 4 is 39.0 Å². The van der Waals surface area contributed by atoms with E-state index in [1.807, 2.05) is 0 Å². The molecule has 1 atom stereocenters. The lowest BCUT2D eigenvalue weighted by Gasteiger charge is -2.22. The molecule has 1 aliphatic heterocycles. The van der Waals surface area contributed by atoms with Crippen LogP contribution >= 0.6 is 11.6 Å². The number of Topliss-reactive ketones (excluding diaryl/α,β-unsaturated/α-hetero) is 2. The van der Waals surface area contributed by atoms with E-state index in [9.17, 15) is 22.8 Å². The van der Waals surface area contributed by atoms with Gasteiger partial charge < -0.3 is 4.74 Å². The summed E-state index contributed by atoms with van der Waals surface area (Å²) in [4.78, 5) is 35.3. The molecule has 0 N–H and O–H groups in total. The number of benzene rings is 1. The summed E-state index contributed by atoms with van der Waals surface area (Å²) in [6.07, 6.45) is 0. The van der Waals surface area contributed by atoms with Crippen LogP contribution < -0.4 is 0 Å². The average Bonchev–Trinajstić information content (AvgIpc) is 2.42. The van der Waals surface area contributed by atoms with Crippen molar-refractivity contribution < 1.29 is 27.5 Å². The summed E-state index contributed by atoms with van der Waals surface area (Å²) in [6.45, 7) is 1.46. The first-order valence-corrected chi connectivity index (χ1v) is 8.09. The number of esters is 1. The molecule has 8 heteroatoms. The SMILES string of the molecule is CCOC(=O)C(=O)C1CS(=O)(=O)c2c(Cl)cccc2C1=O. The molecule has 112 valence electrons. The largest absolute Gasteiger partial charge is 0.460 e. The highest BCUT2D eigenvalue weighted by Gasteiger charge is 2.44. The first-order valence-electron chi connectivity index (χ1n) is 6.06. The minimum atomic E-state index is -3.93. The Morgan fingerprint density at radius 1 is 1.38 bits per heavy atom. The van der Waals surface area contributed by atoms with Gasteiger partial charge in [-0.25, -0.2) is 13.2 Å². The van der Waals surface area contributed by atoms with Gasteiger partial charge in [0, 0.05) is 5.56 Å². The first-order chi connectivity index (χ1) is 9.79. The summed E-state index contributed by atoms with van der Waals surface area (Å²) >= 11 is 5.82. The fourth-order valence-electron chi connectivity index (χ4n) is 2.12. The average molecular weight is 331 g/mol. The maximum atomic E-state index is 12.3. The molecule has 1 aliphatic rings. The van der Waals surface area contributed by atoms with Crippen molar-refractivity contribution in [2.45, 2.75) is 11.8 Å². The molecule has 21 heavy (non-hydrogen) atoms. The molecule has 0 amide bonds. The number of hydrogen-bond donors (Lipinski definition) is 0. The van der Waals surface area contributed by atoms with E-state index in [-0.39, 0.29) is 22.1 Å². The highest BCUT2D eigenvalue weighted by Crippen LogP contribution is 2.34. The first kappa shape index (κ1) is 15.7. The Balaban J connectivity index is 2.50. The summed E-state index contributed by atoms with van der Waals surface area (Å²) in [5.74, 6) is -5.46. The lowest BCUT2D eigenvalue weighted by molar-refractivity contribution is -0.154. The number of ether oxygens (including phenoxy) is 1. The van der Waals surface area contributed by atoms with Crippen LogP contribution in [0, 0.1) is 5.92 Å². The van der Waals surface area contributed by atoms with Crippen LogP contribution in [0.5, 0.6) is 0 Å². The number of fused-ring (bicyclic) bond motifs is 1. The Bertz CT molecular complexity index is 737. The van der Waals surface area contributed by atoms with Gasteiger partial charge in [0.25, 0.3) is 5.78 Å². The Kier molecular flexibility index (Phi) is 4.15. The maximum absolute atomic E-state index is 12.3. The van der Waals surface area contributed by atoms with Gasteiger partial charge in [-0.2, -0.15) is 0 Å². The number of ketones is 2. The van der Waals surface area contributed by atoms with Crippen molar-refractivity contribution in [1.82, 2.24) is 0 Å². The van der Waals surface area contributed by atoms with E-state index in [0.717, 1.165) is 0 Å². The van der Waals surface area contributed by atoms with Gasteiger partial charge in [-0.3, -0.25) is 9.59 Å². The predicted molar refractivity (Wildman–Crippen MR) is 73.0 cm³/mol. The van der Waals surface area contributed by atoms with Crippen LogP contribution in [0.25, 0.3) is 0 Å². The van der Waals surface area contributed by atoms with Crippen LogP contribution in [-0.4, -0.2) is 38.3 Å². The van der Waals surface area contributed by atoms with Gasteiger partial charge in [0.1, 0.15) is 5.92 Å². The lowest BCUT2D eigenvalue weighted by atomic mass is 9.94. The van der Waals surface area contributed by atoms with Crippen LogP contribution in [0.2, 0.25) is 5.02 Å². The van der Waals surface area contributed by atoms with Crippen molar-refractivity contribution in [2.24, 2.45) is 5.92 Å². The van der Waals surface area contributed by atoms with E-state index in [2.05, 4.69) is 4.74 Å². The van der Waals surface area contributed by atoms with Crippen molar-refractivity contribution in [3.05, 3.63) is 28.8 Å². The molecule has 1 heterocycles. The van der Waals surface area contributed by atoms with Gasteiger partial charge in [-0.1, -0.05) is 17.7 Å². The molecule has 0 spiro atoms. The van der Waals surface area contributed by atoms with E-state index >= 15 is 0 Å². The molecule has 0 radical (unpaired) electrons. The van der Waals surface area contributed by atoms with Crippen LogP contribution in [0.1, 0.15) is 17.3 Å². The third-order valence-electron chi connectivity index (χ3n) is 3.04. The summed E-state index contributed by atoms with van der Waals surface area (Å²) in [5.41, 5.74) is -0.170. The molecule has 1 aromatic rings. The van der Waals surface area contributed by atoms with Crippen LogP contribution in [0.3, 0.4) is 0 Å². The zero-order chi connectivity index (χ0) is 15.8. The molecule has 0 fully saturated rings. The molecule has 0 saturated heterocycles. The molecule has 0 aromatic heterocycles. The molecule has 0 bridgehead atoms. The molecular weight excluding hydrogens is 320 g/mol. The molecule has 0 saturated carbocycles. The number of carbonyl (C=O) groups excluding carboxylic acids is 3. The zero-order valence-electron chi connectivity index (χ0n) is 11.0. The Hall–Kier alpha value is -1.73. The fraction of sp³-hybridized carbons (Fsp3) is 0.308. The topological polar surface area (TPSA) is 94.6 Å². The quantitative estimate of drug-likeness (QED) is 0.467. The minimum Gasteiger partial charge on any atom is -0.460 e. The summed E-state index contributed by atoms with van der Waals surface area (Å²) in [6, 6.07) is 4.02. The second kappa shape index (κ2) is 5.57. The summed E-state index contributed by atoms with van der Waals surface area (Å²) < 4.78 is 28.9. The normalized spacial score (nSPS) is 19.7. The van der Waals surface area contributed by atoms with E-state index in [1.54, 1.807) is 0 Å². The maximum Gasteiger partial charge on any atom is 0.375 e. The van der Waals surface area contributed by atoms with Gasteiger partial charge in [0.05, 0.1) is 22.3 Å². The number of hydrogen-bond acceptors (Lipinski definition) is 6. The van der Waals surface area contributed by atoms with Crippen LogP contribution in [0.15, 0.2) is 23.1 Å². The molecule has 6 nitrogen and oxygen atoms in total. The van der Waals surface area contributed by atoms with E-state index in [4.69, 9.17) is 11.6 Å². The van der Waals surface area contributed by atoms with Crippen molar-refractivity contribution in [3.63, 3.8) is 0 Å². The van der Waals surface area contributed by atoms with E-state index < -0.39 is 39.0 Å². The van der Waals surface area contributed by atoms with Crippen molar-refractivity contribution in [2.75, 3.05) is 12.4 Å². The van der Waals surface area contributed by atoms with Gasteiger partial charge in [-0.15, -0.1) is 0 Å². The summed E-state index contributed by atoms with van der Waals surface area (Å²) in [7, 11) is -3.93.